The van der Waals surface area contributed by atoms with E-state index >= 15 is 0 Å². The normalized spacial score (nSPS) is 11.5. The smallest absolute Gasteiger partial charge is 0.305 e. The summed E-state index contributed by atoms with van der Waals surface area (Å²) >= 11 is 0. The van der Waals surface area contributed by atoms with Gasteiger partial charge in [-0.15, -0.1) is 12.4 Å². The van der Waals surface area contributed by atoms with Gasteiger partial charge < -0.3 is 20.2 Å². The molecule has 3 N–H and O–H groups in total. The Morgan fingerprint density at radius 1 is 1.18 bits per heavy atom. The Balaban J connectivity index is 0.00000280. The molecule has 2 aromatic heterocycles. The third-order valence-electron chi connectivity index (χ3n) is 4.35. The largest absolute Gasteiger partial charge is 0.469 e. The number of ether oxygens (including phenoxy) is 1. The number of hydrogen-bond acceptors (Lipinski definition) is 5. The molecule has 2 heterocycles. The van der Waals surface area contributed by atoms with Gasteiger partial charge >= 0.3 is 5.97 Å². The average molecular weight is 403 g/mol. The van der Waals surface area contributed by atoms with Crippen LogP contribution in [0.3, 0.4) is 0 Å². The predicted octanol–water partition coefficient (Wildman–Crippen LogP) is 2.64. The molecular weight excluding hydrogens is 380 g/mol. The van der Waals surface area contributed by atoms with Crippen LogP contribution in [-0.2, 0) is 16.1 Å². The van der Waals surface area contributed by atoms with Crippen LogP contribution in [0.4, 0.5) is 0 Å². The number of hydrogen-bond donors (Lipinski definition) is 2. The minimum absolute atomic E-state index is 0. The number of pyridine rings is 1. The number of rotatable bonds is 7. The van der Waals surface area contributed by atoms with Crippen LogP contribution in [0.2, 0.25) is 0 Å². The lowest BCUT2D eigenvalue weighted by atomic mass is 10.0. The lowest BCUT2D eigenvalue weighted by molar-refractivity contribution is -0.140. The molecule has 8 heteroatoms. The molecule has 0 saturated carbocycles. The molecule has 0 aliphatic carbocycles. The molecule has 0 saturated heterocycles. The lowest BCUT2D eigenvalue weighted by Gasteiger charge is -2.18. The molecule has 1 unspecified atom stereocenters. The first-order chi connectivity index (χ1) is 13.1. The van der Waals surface area contributed by atoms with Crippen LogP contribution < -0.4 is 11.1 Å². The van der Waals surface area contributed by atoms with Crippen molar-refractivity contribution in [3.63, 3.8) is 0 Å². The fraction of sp³-hybridized carbons (Fsp3) is 0.250. The highest BCUT2D eigenvalue weighted by Crippen LogP contribution is 2.19. The van der Waals surface area contributed by atoms with Crippen molar-refractivity contribution in [2.45, 2.75) is 25.4 Å². The SMILES string of the molecule is COC(=O)CCC(NC(=O)c1cn2cc(CN)ccc2n1)c1ccccc1.Cl. The molecule has 1 amide bonds. The lowest BCUT2D eigenvalue weighted by Crippen LogP contribution is -2.29. The summed E-state index contributed by atoms with van der Waals surface area (Å²) in [7, 11) is 1.35. The third-order valence-corrected chi connectivity index (χ3v) is 4.35. The first-order valence-corrected chi connectivity index (χ1v) is 8.71. The third kappa shape index (κ3) is 5.09. The van der Waals surface area contributed by atoms with Gasteiger partial charge in [-0.3, -0.25) is 9.59 Å². The molecule has 0 spiro atoms. The van der Waals surface area contributed by atoms with E-state index in [1.165, 1.54) is 7.11 Å². The van der Waals surface area contributed by atoms with Crippen molar-refractivity contribution in [3.8, 4) is 0 Å². The summed E-state index contributed by atoms with van der Waals surface area (Å²) in [5.41, 5.74) is 8.51. The second-order valence-electron chi connectivity index (χ2n) is 6.18. The van der Waals surface area contributed by atoms with E-state index in [4.69, 9.17) is 10.5 Å². The van der Waals surface area contributed by atoms with Gasteiger partial charge in [0, 0.05) is 25.4 Å². The van der Waals surface area contributed by atoms with E-state index in [1.54, 1.807) is 10.6 Å². The number of carbonyl (C=O) groups is 2. The van der Waals surface area contributed by atoms with Gasteiger partial charge in [0.15, 0.2) is 0 Å². The molecule has 0 bridgehead atoms. The number of fused-ring (bicyclic) bond motifs is 1. The summed E-state index contributed by atoms with van der Waals surface area (Å²) in [6.45, 7) is 0.416. The zero-order chi connectivity index (χ0) is 19.2. The van der Waals surface area contributed by atoms with Crippen molar-refractivity contribution < 1.29 is 14.3 Å². The number of nitrogens with zero attached hydrogens (tertiary/aromatic N) is 2. The minimum atomic E-state index is -0.317. The van der Waals surface area contributed by atoms with E-state index in [0.29, 0.717) is 24.3 Å². The average Bonchev–Trinajstić information content (AvgIpc) is 3.14. The highest BCUT2D eigenvalue weighted by Gasteiger charge is 2.19. The zero-order valence-electron chi connectivity index (χ0n) is 15.5. The van der Waals surface area contributed by atoms with Crippen molar-refractivity contribution in [2.24, 2.45) is 5.73 Å². The summed E-state index contributed by atoms with van der Waals surface area (Å²) in [6.07, 6.45) is 4.17. The molecule has 0 aliphatic rings. The van der Waals surface area contributed by atoms with Crippen molar-refractivity contribution in [1.29, 1.82) is 0 Å². The van der Waals surface area contributed by atoms with Crippen molar-refractivity contribution in [2.75, 3.05) is 7.11 Å². The Bertz CT molecular complexity index is 943. The fourth-order valence-corrected chi connectivity index (χ4v) is 2.87. The number of amides is 1. The van der Waals surface area contributed by atoms with Crippen LogP contribution in [0.1, 0.15) is 40.5 Å². The van der Waals surface area contributed by atoms with E-state index in [-0.39, 0.29) is 36.7 Å². The van der Waals surface area contributed by atoms with Crippen LogP contribution in [0, 0.1) is 0 Å². The van der Waals surface area contributed by atoms with E-state index in [9.17, 15) is 9.59 Å². The molecule has 1 aromatic carbocycles. The Kier molecular flexibility index (Phi) is 7.54. The minimum Gasteiger partial charge on any atom is -0.469 e. The van der Waals surface area contributed by atoms with Gasteiger partial charge in [-0.05, 0) is 23.6 Å². The predicted molar refractivity (Wildman–Crippen MR) is 108 cm³/mol. The van der Waals surface area contributed by atoms with Gasteiger partial charge in [0.2, 0.25) is 0 Å². The Morgan fingerprint density at radius 2 is 1.93 bits per heavy atom. The maximum atomic E-state index is 12.7. The Morgan fingerprint density at radius 3 is 2.61 bits per heavy atom. The Labute approximate surface area is 169 Å². The second kappa shape index (κ2) is 9.87. The van der Waals surface area contributed by atoms with Crippen LogP contribution >= 0.6 is 12.4 Å². The number of esters is 1. The number of aromatic nitrogens is 2. The maximum Gasteiger partial charge on any atom is 0.305 e. The Hall–Kier alpha value is -2.90. The molecule has 3 rings (SSSR count). The van der Waals surface area contributed by atoms with Crippen molar-refractivity contribution >= 4 is 29.9 Å². The van der Waals surface area contributed by atoms with E-state index in [0.717, 1.165) is 11.1 Å². The van der Waals surface area contributed by atoms with Gasteiger partial charge in [0.05, 0.1) is 13.2 Å². The molecule has 0 fully saturated rings. The van der Waals surface area contributed by atoms with Crippen molar-refractivity contribution in [3.05, 3.63) is 71.7 Å². The molecule has 0 radical (unpaired) electrons. The number of halogens is 1. The number of nitrogens with one attached hydrogen (secondary N) is 1. The van der Waals surface area contributed by atoms with Gasteiger partial charge in [0.25, 0.3) is 5.91 Å². The topological polar surface area (TPSA) is 98.7 Å². The quantitative estimate of drug-likeness (QED) is 0.592. The number of nitrogens with two attached hydrogens (primary N) is 1. The summed E-state index contributed by atoms with van der Waals surface area (Å²) in [4.78, 5) is 28.6. The van der Waals surface area contributed by atoms with Crippen LogP contribution in [0.5, 0.6) is 0 Å². The van der Waals surface area contributed by atoms with Crippen LogP contribution in [0.25, 0.3) is 5.65 Å². The highest BCUT2D eigenvalue weighted by atomic mass is 35.5. The molecule has 1 atom stereocenters. The standard InChI is InChI=1S/C20H22N4O3.ClH/c1-27-19(25)10-8-16(15-5-3-2-4-6-15)23-20(26)17-13-24-12-14(11-21)7-9-18(24)22-17;/h2-7,9,12-13,16H,8,10-11,21H2,1H3,(H,23,26);1H. The van der Waals surface area contributed by atoms with E-state index < -0.39 is 0 Å². The van der Waals surface area contributed by atoms with E-state index in [2.05, 4.69) is 10.3 Å². The first-order valence-electron chi connectivity index (χ1n) is 8.71. The number of carbonyl (C=O) groups excluding carboxylic acids is 2. The van der Waals surface area contributed by atoms with Crippen molar-refractivity contribution in [1.82, 2.24) is 14.7 Å². The molecule has 28 heavy (non-hydrogen) atoms. The molecule has 0 aliphatic heterocycles. The number of benzene rings is 1. The summed E-state index contributed by atoms with van der Waals surface area (Å²) < 4.78 is 6.49. The number of methoxy groups -OCH3 is 1. The second-order valence-corrected chi connectivity index (χ2v) is 6.18. The van der Waals surface area contributed by atoms with Gasteiger partial charge in [0.1, 0.15) is 11.3 Å². The first kappa shape index (κ1) is 21.4. The monoisotopic (exact) mass is 402 g/mol. The molecular formula is C20H23ClN4O3. The zero-order valence-corrected chi connectivity index (χ0v) is 16.3. The molecule has 148 valence electrons. The van der Waals surface area contributed by atoms with Gasteiger partial charge in [-0.25, -0.2) is 4.98 Å². The summed E-state index contributed by atoms with van der Waals surface area (Å²) in [5, 5.41) is 2.97. The van der Waals surface area contributed by atoms with Crippen LogP contribution in [-0.4, -0.2) is 28.4 Å². The molecule has 3 aromatic rings. The summed E-state index contributed by atoms with van der Waals surface area (Å²) in [5.74, 6) is -0.612. The maximum absolute atomic E-state index is 12.7. The highest BCUT2D eigenvalue weighted by molar-refractivity contribution is 5.93. The fourth-order valence-electron chi connectivity index (χ4n) is 2.87. The van der Waals surface area contributed by atoms with Crippen LogP contribution in [0.15, 0.2) is 54.9 Å². The van der Waals surface area contributed by atoms with E-state index in [1.807, 2.05) is 48.7 Å². The molecule has 7 nitrogen and oxygen atoms in total. The summed E-state index contributed by atoms with van der Waals surface area (Å²) in [6, 6.07) is 12.9. The van der Waals surface area contributed by atoms with Gasteiger partial charge in [-0.2, -0.15) is 0 Å². The number of imidazole rings is 1. The van der Waals surface area contributed by atoms with Gasteiger partial charge in [-0.1, -0.05) is 36.4 Å².